The Morgan fingerprint density at radius 1 is 0.960 bits per heavy atom. The van der Waals surface area contributed by atoms with Crippen LogP contribution in [0.15, 0.2) is 54.9 Å². The summed E-state index contributed by atoms with van der Waals surface area (Å²) in [5.41, 5.74) is 5.83. The number of pyridine rings is 1. The Labute approximate surface area is 152 Å². The van der Waals surface area contributed by atoms with E-state index >= 15 is 0 Å². The van der Waals surface area contributed by atoms with Crippen LogP contribution in [-0.4, -0.2) is 24.6 Å². The van der Waals surface area contributed by atoms with Gasteiger partial charge in [0.25, 0.3) is 0 Å². The highest BCUT2D eigenvalue weighted by molar-refractivity contribution is 5.56. The molecule has 0 N–H and O–H groups in total. The maximum atomic E-state index is 4.22. The SMILES string of the molecule is Cc1cccc(C)c1[N+]1(CCCCCc2cccnc2)CC=CCC1. The summed E-state index contributed by atoms with van der Waals surface area (Å²) < 4.78 is 1.14. The molecule has 0 saturated carbocycles. The van der Waals surface area contributed by atoms with Gasteiger partial charge in [-0.3, -0.25) is 9.47 Å². The molecule has 0 radical (unpaired) electrons. The molecule has 0 amide bonds. The van der Waals surface area contributed by atoms with E-state index in [-0.39, 0.29) is 0 Å². The first-order valence-corrected chi connectivity index (χ1v) is 9.68. The minimum atomic E-state index is 1.14. The Hall–Kier alpha value is -1.93. The summed E-state index contributed by atoms with van der Waals surface area (Å²) in [7, 11) is 0. The predicted molar refractivity (Wildman–Crippen MR) is 108 cm³/mol. The van der Waals surface area contributed by atoms with Crippen LogP contribution in [0.25, 0.3) is 0 Å². The summed E-state index contributed by atoms with van der Waals surface area (Å²) in [6.07, 6.45) is 14.8. The first kappa shape index (κ1) is 17.9. The summed E-state index contributed by atoms with van der Waals surface area (Å²) in [5, 5.41) is 0. The van der Waals surface area contributed by atoms with E-state index in [0.29, 0.717) is 0 Å². The van der Waals surface area contributed by atoms with Gasteiger partial charge in [-0.15, -0.1) is 0 Å². The zero-order valence-electron chi connectivity index (χ0n) is 15.7. The van der Waals surface area contributed by atoms with E-state index in [1.54, 1.807) is 5.69 Å². The van der Waals surface area contributed by atoms with Crippen molar-refractivity contribution in [2.75, 3.05) is 19.6 Å². The predicted octanol–water partition coefficient (Wildman–Crippen LogP) is 5.38. The van der Waals surface area contributed by atoms with Crippen LogP contribution in [0.5, 0.6) is 0 Å². The van der Waals surface area contributed by atoms with E-state index < -0.39 is 0 Å². The largest absolute Gasteiger partial charge is 0.287 e. The molecule has 1 aromatic carbocycles. The topological polar surface area (TPSA) is 12.9 Å². The van der Waals surface area contributed by atoms with Gasteiger partial charge in [-0.2, -0.15) is 0 Å². The summed E-state index contributed by atoms with van der Waals surface area (Å²) in [6, 6.07) is 11.0. The maximum absolute atomic E-state index is 4.22. The number of hydrogen-bond acceptors (Lipinski definition) is 1. The second kappa shape index (κ2) is 8.44. The number of aryl methyl sites for hydroxylation is 3. The van der Waals surface area contributed by atoms with Crippen molar-refractivity contribution in [1.82, 2.24) is 9.47 Å². The number of aromatic nitrogens is 1. The average Bonchev–Trinajstić information content (AvgIpc) is 2.63. The monoisotopic (exact) mass is 335 g/mol. The van der Waals surface area contributed by atoms with E-state index in [1.165, 1.54) is 55.5 Å². The van der Waals surface area contributed by atoms with Crippen LogP contribution in [0.4, 0.5) is 5.69 Å². The third-order valence-electron chi connectivity index (χ3n) is 5.53. The zero-order valence-corrected chi connectivity index (χ0v) is 15.7. The molecule has 2 aromatic rings. The lowest BCUT2D eigenvalue weighted by molar-refractivity contribution is 0.285. The van der Waals surface area contributed by atoms with Crippen LogP contribution >= 0.6 is 0 Å². The number of para-hydroxylation sites is 1. The Morgan fingerprint density at radius 2 is 1.80 bits per heavy atom. The molecule has 0 fully saturated rings. The Kier molecular flexibility index (Phi) is 6.04. The third kappa shape index (κ3) is 4.38. The van der Waals surface area contributed by atoms with E-state index in [2.05, 4.69) is 55.2 Å². The van der Waals surface area contributed by atoms with Gasteiger partial charge in [-0.25, -0.2) is 0 Å². The summed E-state index contributed by atoms with van der Waals surface area (Å²) >= 11 is 0. The molecule has 1 atom stereocenters. The van der Waals surface area contributed by atoms with E-state index in [4.69, 9.17) is 0 Å². The highest BCUT2D eigenvalue weighted by atomic mass is 15.4. The van der Waals surface area contributed by atoms with Crippen LogP contribution in [0.1, 0.15) is 42.4 Å². The van der Waals surface area contributed by atoms with Gasteiger partial charge in [0.05, 0.1) is 13.1 Å². The third-order valence-corrected chi connectivity index (χ3v) is 5.53. The lowest BCUT2D eigenvalue weighted by atomic mass is 10.0. The highest BCUT2D eigenvalue weighted by Gasteiger charge is 2.32. The van der Waals surface area contributed by atoms with Crippen molar-refractivity contribution in [2.45, 2.75) is 46.0 Å². The van der Waals surface area contributed by atoms with Crippen LogP contribution in [0.2, 0.25) is 0 Å². The minimum Gasteiger partial charge on any atom is -0.287 e. The summed E-state index contributed by atoms with van der Waals surface area (Å²) in [6.45, 7) is 8.20. The van der Waals surface area contributed by atoms with Gasteiger partial charge in [-0.05, 0) is 57.2 Å². The normalized spacial score (nSPS) is 19.9. The van der Waals surface area contributed by atoms with Crippen LogP contribution in [0.3, 0.4) is 0 Å². The van der Waals surface area contributed by atoms with Crippen molar-refractivity contribution in [3.8, 4) is 0 Å². The summed E-state index contributed by atoms with van der Waals surface area (Å²) in [5.74, 6) is 0. The lowest BCUT2D eigenvalue weighted by Crippen LogP contribution is -2.52. The minimum absolute atomic E-state index is 1.14. The van der Waals surface area contributed by atoms with Crippen molar-refractivity contribution in [3.05, 3.63) is 71.6 Å². The molecule has 1 aliphatic rings. The number of quaternary nitrogens is 1. The molecule has 0 spiro atoms. The Morgan fingerprint density at radius 3 is 2.48 bits per heavy atom. The fraction of sp³-hybridized carbons (Fsp3) is 0.435. The first-order valence-electron chi connectivity index (χ1n) is 9.68. The molecule has 2 heterocycles. The molecule has 2 nitrogen and oxygen atoms in total. The number of unbranched alkanes of at least 4 members (excludes halogenated alkanes) is 2. The van der Waals surface area contributed by atoms with E-state index in [9.17, 15) is 0 Å². The number of benzene rings is 1. The van der Waals surface area contributed by atoms with Crippen molar-refractivity contribution in [1.29, 1.82) is 0 Å². The standard InChI is InChI=1S/C23H31N2/c1-20-11-9-12-21(2)23(20)25(17-7-4-8-18-25)16-6-3-5-13-22-14-10-15-24-19-22/h4,7,9-12,14-15,19H,3,5-6,8,13,16-18H2,1-2H3/q+1. The number of nitrogens with zero attached hydrogens (tertiary/aromatic N) is 2. The molecule has 0 saturated heterocycles. The zero-order chi connectivity index (χ0) is 17.5. The van der Waals surface area contributed by atoms with Gasteiger partial charge in [0, 0.05) is 29.9 Å². The van der Waals surface area contributed by atoms with E-state index in [0.717, 1.165) is 17.4 Å². The average molecular weight is 336 g/mol. The van der Waals surface area contributed by atoms with Crippen molar-refractivity contribution < 1.29 is 0 Å². The van der Waals surface area contributed by atoms with Crippen molar-refractivity contribution >= 4 is 5.69 Å². The van der Waals surface area contributed by atoms with Crippen LogP contribution < -0.4 is 4.48 Å². The van der Waals surface area contributed by atoms with Crippen molar-refractivity contribution in [3.63, 3.8) is 0 Å². The Bertz CT molecular complexity index is 685. The molecule has 1 aromatic heterocycles. The van der Waals surface area contributed by atoms with Gasteiger partial charge in [-0.1, -0.05) is 30.3 Å². The van der Waals surface area contributed by atoms with Crippen molar-refractivity contribution in [2.24, 2.45) is 0 Å². The molecule has 3 rings (SSSR count). The lowest BCUT2D eigenvalue weighted by Gasteiger charge is -2.41. The molecule has 2 heteroatoms. The molecular formula is C23H31N2+. The van der Waals surface area contributed by atoms with Gasteiger partial charge >= 0.3 is 0 Å². The quantitative estimate of drug-likeness (QED) is 0.376. The molecule has 1 aliphatic heterocycles. The van der Waals surface area contributed by atoms with Crippen LogP contribution in [0, 0.1) is 13.8 Å². The fourth-order valence-corrected chi connectivity index (χ4v) is 4.35. The molecular weight excluding hydrogens is 304 g/mol. The molecule has 0 aliphatic carbocycles. The second-order valence-corrected chi connectivity index (χ2v) is 7.45. The van der Waals surface area contributed by atoms with Crippen LogP contribution in [-0.2, 0) is 6.42 Å². The number of hydrogen-bond donors (Lipinski definition) is 0. The molecule has 1 unspecified atom stereocenters. The first-order chi connectivity index (χ1) is 12.2. The van der Waals surface area contributed by atoms with Gasteiger partial charge < -0.3 is 0 Å². The van der Waals surface area contributed by atoms with Gasteiger partial charge in [0.1, 0.15) is 12.2 Å². The summed E-state index contributed by atoms with van der Waals surface area (Å²) in [4.78, 5) is 4.22. The maximum Gasteiger partial charge on any atom is 0.138 e. The highest BCUT2D eigenvalue weighted by Crippen LogP contribution is 2.33. The molecule has 0 bridgehead atoms. The van der Waals surface area contributed by atoms with E-state index in [1.807, 2.05) is 18.5 Å². The number of rotatable bonds is 7. The smallest absolute Gasteiger partial charge is 0.138 e. The molecule has 25 heavy (non-hydrogen) atoms. The second-order valence-electron chi connectivity index (χ2n) is 7.45. The van der Waals surface area contributed by atoms with Gasteiger partial charge in [0.2, 0.25) is 0 Å². The fourth-order valence-electron chi connectivity index (χ4n) is 4.35. The Balaban J connectivity index is 1.63. The van der Waals surface area contributed by atoms with Gasteiger partial charge in [0.15, 0.2) is 0 Å². The molecule has 132 valence electrons.